The number of amides is 2. The standard InChI is InChI=1S/C36H39F3N4O12S/c1-19(44)51-28-29(52-20(2)45)31(53-21(3)46)33(55-30(28)32(48)50-4)54-26(23-8-6-5-7-9-23)17-43(34(49)36(37,38)39)15-14-22-10-12-24(13-11-22)41-27(47)16-25-18-56-35(40)42-25/h5-13,18,26,28-31,33H,14-17H2,1-4H3,(H2,40,42)(H,41,47)/t26-,28-,29-,30-,31+,33+/m0/s1. The molecule has 4 rings (SSSR count). The molecule has 1 aliphatic rings. The highest BCUT2D eigenvalue weighted by atomic mass is 32.1. The molecule has 20 heteroatoms. The van der Waals surface area contributed by atoms with E-state index in [1.54, 1.807) is 47.8 Å². The van der Waals surface area contributed by atoms with E-state index in [-0.39, 0.29) is 24.3 Å². The summed E-state index contributed by atoms with van der Waals surface area (Å²) in [5.41, 5.74) is 7.25. The topological polar surface area (TPSA) is 212 Å². The van der Waals surface area contributed by atoms with Crippen LogP contribution in [0.15, 0.2) is 60.0 Å². The number of carbonyl (C=O) groups is 6. The zero-order valence-corrected chi connectivity index (χ0v) is 31.3. The van der Waals surface area contributed by atoms with Gasteiger partial charge in [-0.15, -0.1) is 11.3 Å². The Morgan fingerprint density at radius 1 is 0.911 bits per heavy atom. The molecule has 2 amide bonds. The van der Waals surface area contributed by atoms with E-state index >= 15 is 0 Å². The fraction of sp³-hybridized carbons (Fsp3) is 0.417. The first kappa shape index (κ1) is 43.1. The number of ether oxygens (including phenoxy) is 6. The van der Waals surface area contributed by atoms with Crippen molar-refractivity contribution in [3.63, 3.8) is 0 Å². The summed E-state index contributed by atoms with van der Waals surface area (Å²) in [7, 11) is 0.989. The van der Waals surface area contributed by atoms with Gasteiger partial charge in [0.15, 0.2) is 29.5 Å². The number of aromatic nitrogens is 1. The number of nitrogens with one attached hydrogen (secondary N) is 1. The molecule has 0 saturated carbocycles. The van der Waals surface area contributed by atoms with Crippen molar-refractivity contribution >= 4 is 57.8 Å². The molecular formula is C36H39F3N4O12S. The van der Waals surface area contributed by atoms with Crippen LogP contribution in [0.2, 0.25) is 0 Å². The van der Waals surface area contributed by atoms with Gasteiger partial charge in [0.1, 0.15) is 6.10 Å². The minimum absolute atomic E-state index is 0.0251. The summed E-state index contributed by atoms with van der Waals surface area (Å²) in [6.45, 7) is 1.75. The SMILES string of the molecule is COC(=O)[C@H]1O[C@@H](O[C@@H](CN(CCc2ccc(NC(=O)Cc3csc(N)n3)cc2)C(=O)C(F)(F)F)c2ccccc2)[C@H](OC(C)=O)[C@@H](OC(C)=O)[C@@H]1OC(C)=O. The van der Waals surface area contributed by atoms with Crippen LogP contribution in [-0.2, 0) is 70.0 Å². The number of thiazole rings is 1. The molecule has 6 atom stereocenters. The average Bonchev–Trinajstić information content (AvgIpc) is 3.54. The van der Waals surface area contributed by atoms with Crippen LogP contribution < -0.4 is 11.1 Å². The minimum atomic E-state index is -5.31. The average molecular weight is 809 g/mol. The van der Waals surface area contributed by atoms with Crippen LogP contribution in [0.5, 0.6) is 0 Å². The lowest BCUT2D eigenvalue weighted by Crippen LogP contribution is -2.64. The van der Waals surface area contributed by atoms with Crippen molar-refractivity contribution in [2.75, 3.05) is 31.2 Å². The number of alkyl halides is 3. The molecule has 1 saturated heterocycles. The monoisotopic (exact) mass is 808 g/mol. The number of nitrogens with two attached hydrogens (primary N) is 1. The second kappa shape index (κ2) is 19.3. The molecule has 3 N–H and O–H groups in total. The van der Waals surface area contributed by atoms with Gasteiger partial charge in [-0.05, 0) is 29.7 Å². The van der Waals surface area contributed by atoms with E-state index in [0.29, 0.717) is 27.0 Å². The van der Waals surface area contributed by atoms with Crippen LogP contribution in [0.25, 0.3) is 0 Å². The zero-order valence-electron chi connectivity index (χ0n) is 30.5. The van der Waals surface area contributed by atoms with Crippen LogP contribution in [0.3, 0.4) is 0 Å². The van der Waals surface area contributed by atoms with Gasteiger partial charge >= 0.3 is 36.0 Å². The molecule has 0 spiro atoms. The number of benzene rings is 2. The lowest BCUT2D eigenvalue weighted by molar-refractivity contribution is -0.312. The highest BCUT2D eigenvalue weighted by molar-refractivity contribution is 7.13. The van der Waals surface area contributed by atoms with Gasteiger partial charge in [-0.25, -0.2) is 9.78 Å². The van der Waals surface area contributed by atoms with Gasteiger partial charge in [0.2, 0.25) is 12.2 Å². The molecular weight excluding hydrogens is 769 g/mol. The molecule has 0 bridgehead atoms. The number of nitrogen functional groups attached to an aromatic ring is 1. The van der Waals surface area contributed by atoms with Crippen LogP contribution in [-0.4, -0.2) is 103 Å². The van der Waals surface area contributed by atoms with E-state index in [1.807, 2.05) is 0 Å². The molecule has 1 aliphatic heterocycles. The predicted molar refractivity (Wildman–Crippen MR) is 189 cm³/mol. The third kappa shape index (κ3) is 12.2. The molecule has 16 nitrogen and oxygen atoms in total. The Labute approximate surface area is 322 Å². The number of rotatable bonds is 15. The lowest BCUT2D eigenvalue weighted by atomic mass is 9.97. The Bertz CT molecular complexity index is 1860. The van der Waals surface area contributed by atoms with Gasteiger partial charge in [0, 0.05) is 38.4 Å². The first-order chi connectivity index (χ1) is 26.4. The molecule has 302 valence electrons. The summed E-state index contributed by atoms with van der Waals surface area (Å²) < 4.78 is 75.0. The predicted octanol–water partition coefficient (Wildman–Crippen LogP) is 3.29. The summed E-state index contributed by atoms with van der Waals surface area (Å²) in [6, 6.07) is 13.9. The lowest BCUT2D eigenvalue weighted by Gasteiger charge is -2.44. The normalized spacial score (nSPS) is 19.9. The maximum atomic E-state index is 14.1. The first-order valence-electron chi connectivity index (χ1n) is 16.8. The molecule has 1 fully saturated rings. The van der Waals surface area contributed by atoms with Crippen molar-refractivity contribution in [1.82, 2.24) is 9.88 Å². The number of hydrogen-bond acceptors (Lipinski definition) is 15. The Hall–Kier alpha value is -5.60. The second-order valence-corrected chi connectivity index (χ2v) is 13.2. The molecule has 56 heavy (non-hydrogen) atoms. The van der Waals surface area contributed by atoms with Crippen molar-refractivity contribution in [1.29, 1.82) is 0 Å². The van der Waals surface area contributed by atoms with E-state index in [2.05, 4.69) is 10.3 Å². The number of anilines is 2. The smallest absolute Gasteiger partial charge is 0.467 e. The minimum Gasteiger partial charge on any atom is -0.467 e. The first-order valence-corrected chi connectivity index (χ1v) is 17.7. The molecule has 0 radical (unpaired) electrons. The number of halogens is 3. The summed E-state index contributed by atoms with van der Waals surface area (Å²) in [4.78, 5) is 79.4. The highest BCUT2D eigenvalue weighted by Crippen LogP contribution is 2.34. The summed E-state index contributed by atoms with van der Waals surface area (Å²) in [5.74, 6) is -6.53. The van der Waals surface area contributed by atoms with Gasteiger partial charge in [-0.3, -0.25) is 24.0 Å². The third-order valence-corrected chi connectivity index (χ3v) is 8.76. The Balaban J connectivity index is 1.62. The quantitative estimate of drug-likeness (QED) is 0.167. The van der Waals surface area contributed by atoms with E-state index in [4.69, 9.17) is 34.2 Å². The zero-order chi connectivity index (χ0) is 41.2. The fourth-order valence-electron chi connectivity index (χ4n) is 5.69. The van der Waals surface area contributed by atoms with Crippen molar-refractivity contribution in [3.8, 4) is 0 Å². The fourth-order valence-corrected chi connectivity index (χ4v) is 6.26. The van der Waals surface area contributed by atoms with Crippen LogP contribution in [0.1, 0.15) is 43.7 Å². The van der Waals surface area contributed by atoms with E-state index in [1.165, 1.54) is 23.5 Å². The van der Waals surface area contributed by atoms with Crippen LogP contribution in [0, 0.1) is 0 Å². The third-order valence-electron chi connectivity index (χ3n) is 8.04. The number of hydrogen-bond donors (Lipinski definition) is 2. The molecule has 3 aromatic rings. The van der Waals surface area contributed by atoms with Crippen LogP contribution >= 0.6 is 11.3 Å². The number of methoxy groups -OCH3 is 1. The van der Waals surface area contributed by atoms with Crippen molar-refractivity contribution in [3.05, 3.63) is 76.8 Å². The van der Waals surface area contributed by atoms with Crippen molar-refractivity contribution in [2.24, 2.45) is 0 Å². The summed E-state index contributed by atoms with van der Waals surface area (Å²) in [5, 5.41) is 4.67. The number of esters is 4. The summed E-state index contributed by atoms with van der Waals surface area (Å²) in [6.07, 6.45) is -15.8. The molecule has 2 heterocycles. The van der Waals surface area contributed by atoms with Gasteiger partial charge < -0.3 is 44.4 Å². The van der Waals surface area contributed by atoms with Crippen molar-refractivity contribution in [2.45, 2.75) is 76.6 Å². The van der Waals surface area contributed by atoms with Gasteiger partial charge in [0.25, 0.3) is 0 Å². The van der Waals surface area contributed by atoms with Gasteiger partial charge in [0.05, 0.1) is 25.8 Å². The largest absolute Gasteiger partial charge is 0.471 e. The van der Waals surface area contributed by atoms with E-state index in [0.717, 1.165) is 27.9 Å². The Morgan fingerprint density at radius 3 is 2.07 bits per heavy atom. The van der Waals surface area contributed by atoms with E-state index in [9.17, 15) is 41.9 Å². The molecule has 1 aromatic heterocycles. The summed E-state index contributed by atoms with van der Waals surface area (Å²) >= 11 is 1.19. The van der Waals surface area contributed by atoms with E-state index < -0.39 is 85.9 Å². The van der Waals surface area contributed by atoms with Gasteiger partial charge in [-0.2, -0.15) is 13.2 Å². The second-order valence-electron chi connectivity index (χ2n) is 12.3. The molecule has 0 unspecified atom stereocenters. The Morgan fingerprint density at radius 2 is 1.52 bits per heavy atom. The number of nitrogens with zero attached hydrogens (tertiary/aromatic N) is 2. The van der Waals surface area contributed by atoms with Crippen LogP contribution in [0.4, 0.5) is 24.0 Å². The number of carbonyl (C=O) groups excluding carboxylic acids is 6. The maximum absolute atomic E-state index is 14.1. The highest BCUT2D eigenvalue weighted by Gasteiger charge is 2.56. The van der Waals surface area contributed by atoms with Gasteiger partial charge in [-0.1, -0.05) is 42.5 Å². The van der Waals surface area contributed by atoms with Crippen molar-refractivity contribution < 1.29 is 70.4 Å². The molecule has 0 aliphatic carbocycles. The Kier molecular flexibility index (Phi) is 14.9. The maximum Gasteiger partial charge on any atom is 0.471 e. The molecule has 2 aromatic carbocycles.